The molecule has 19 heavy (non-hydrogen) atoms. The SMILES string of the molecule is CCCc1ccc(-n2cc(CNC(C)C)nn2)cc1. The average molecular weight is 258 g/mol. The molecule has 0 spiro atoms. The topological polar surface area (TPSA) is 42.7 Å². The number of nitrogens with zero attached hydrogens (tertiary/aromatic N) is 3. The van der Waals surface area contributed by atoms with Crippen LogP contribution < -0.4 is 5.32 Å². The third kappa shape index (κ3) is 3.89. The quantitative estimate of drug-likeness (QED) is 0.866. The summed E-state index contributed by atoms with van der Waals surface area (Å²) in [5.41, 5.74) is 3.39. The van der Waals surface area contributed by atoms with Gasteiger partial charge in [-0.25, -0.2) is 4.68 Å². The monoisotopic (exact) mass is 258 g/mol. The fourth-order valence-electron chi connectivity index (χ4n) is 1.92. The third-order valence-electron chi connectivity index (χ3n) is 2.97. The van der Waals surface area contributed by atoms with Crippen molar-refractivity contribution in [2.45, 2.75) is 46.2 Å². The molecule has 0 radical (unpaired) electrons. The van der Waals surface area contributed by atoms with Gasteiger partial charge in [-0.05, 0) is 24.1 Å². The predicted molar refractivity (Wildman–Crippen MR) is 77.3 cm³/mol. The van der Waals surface area contributed by atoms with Gasteiger partial charge in [-0.1, -0.05) is 44.5 Å². The highest BCUT2D eigenvalue weighted by Gasteiger charge is 2.03. The van der Waals surface area contributed by atoms with Crippen LogP contribution in [0.4, 0.5) is 0 Å². The van der Waals surface area contributed by atoms with E-state index in [0.717, 1.165) is 24.3 Å². The molecule has 0 fully saturated rings. The van der Waals surface area contributed by atoms with Crippen LogP contribution in [0.25, 0.3) is 5.69 Å². The molecule has 0 aliphatic carbocycles. The molecule has 0 aliphatic rings. The van der Waals surface area contributed by atoms with Crippen molar-refractivity contribution < 1.29 is 0 Å². The van der Waals surface area contributed by atoms with E-state index in [9.17, 15) is 0 Å². The summed E-state index contributed by atoms with van der Waals surface area (Å²) in [5.74, 6) is 0. The normalized spacial score (nSPS) is 11.2. The maximum Gasteiger partial charge on any atom is 0.0969 e. The molecule has 0 saturated carbocycles. The van der Waals surface area contributed by atoms with Crippen LogP contribution in [0.2, 0.25) is 0 Å². The van der Waals surface area contributed by atoms with E-state index < -0.39 is 0 Å². The number of rotatable bonds is 6. The van der Waals surface area contributed by atoms with E-state index in [0.29, 0.717) is 6.04 Å². The zero-order valence-electron chi connectivity index (χ0n) is 11.9. The fourth-order valence-corrected chi connectivity index (χ4v) is 1.92. The van der Waals surface area contributed by atoms with Crippen molar-refractivity contribution in [2.24, 2.45) is 0 Å². The Balaban J connectivity index is 2.05. The summed E-state index contributed by atoms with van der Waals surface area (Å²) in [4.78, 5) is 0. The van der Waals surface area contributed by atoms with E-state index in [2.05, 4.69) is 60.7 Å². The molecule has 0 aliphatic heterocycles. The van der Waals surface area contributed by atoms with E-state index in [1.807, 2.05) is 10.9 Å². The van der Waals surface area contributed by atoms with E-state index in [-0.39, 0.29) is 0 Å². The van der Waals surface area contributed by atoms with Gasteiger partial charge in [0.25, 0.3) is 0 Å². The first-order valence-corrected chi connectivity index (χ1v) is 6.93. The Morgan fingerprint density at radius 1 is 1.21 bits per heavy atom. The maximum atomic E-state index is 4.17. The van der Waals surface area contributed by atoms with Gasteiger partial charge >= 0.3 is 0 Å². The molecule has 0 unspecified atom stereocenters. The first-order chi connectivity index (χ1) is 9.19. The molecular formula is C15H22N4. The van der Waals surface area contributed by atoms with Crippen LogP contribution in [0.3, 0.4) is 0 Å². The summed E-state index contributed by atoms with van der Waals surface area (Å²) in [6.45, 7) is 7.19. The number of aryl methyl sites for hydroxylation is 1. The van der Waals surface area contributed by atoms with Crippen molar-refractivity contribution in [3.63, 3.8) is 0 Å². The van der Waals surface area contributed by atoms with Crippen LogP contribution in [0, 0.1) is 0 Å². The minimum absolute atomic E-state index is 0.457. The molecule has 4 heteroatoms. The van der Waals surface area contributed by atoms with Gasteiger partial charge in [0, 0.05) is 12.6 Å². The molecule has 1 aromatic heterocycles. The summed E-state index contributed by atoms with van der Waals surface area (Å²) in [6, 6.07) is 8.97. The first kappa shape index (κ1) is 13.7. The van der Waals surface area contributed by atoms with Gasteiger partial charge in [0.2, 0.25) is 0 Å². The van der Waals surface area contributed by atoms with Crippen molar-refractivity contribution in [2.75, 3.05) is 0 Å². The van der Waals surface area contributed by atoms with Crippen LogP contribution in [-0.2, 0) is 13.0 Å². The van der Waals surface area contributed by atoms with E-state index >= 15 is 0 Å². The second-order valence-corrected chi connectivity index (χ2v) is 5.11. The van der Waals surface area contributed by atoms with Crippen molar-refractivity contribution in [3.8, 4) is 5.69 Å². The highest BCUT2D eigenvalue weighted by Crippen LogP contribution is 2.10. The van der Waals surface area contributed by atoms with E-state index in [1.165, 1.54) is 12.0 Å². The predicted octanol–water partition coefficient (Wildman–Crippen LogP) is 2.72. The molecule has 0 atom stereocenters. The third-order valence-corrected chi connectivity index (χ3v) is 2.97. The minimum Gasteiger partial charge on any atom is -0.309 e. The lowest BCUT2D eigenvalue weighted by Crippen LogP contribution is -2.21. The minimum atomic E-state index is 0.457. The smallest absolute Gasteiger partial charge is 0.0969 e. The molecule has 102 valence electrons. The molecule has 0 bridgehead atoms. The van der Waals surface area contributed by atoms with Crippen LogP contribution in [0.1, 0.15) is 38.4 Å². The van der Waals surface area contributed by atoms with Gasteiger partial charge in [-0.2, -0.15) is 0 Å². The number of benzene rings is 1. The van der Waals surface area contributed by atoms with Crippen molar-refractivity contribution in [1.82, 2.24) is 20.3 Å². The summed E-state index contributed by atoms with van der Waals surface area (Å²) in [7, 11) is 0. The highest BCUT2D eigenvalue weighted by atomic mass is 15.4. The Kier molecular flexibility index (Phi) is 4.68. The number of hydrogen-bond acceptors (Lipinski definition) is 3. The first-order valence-electron chi connectivity index (χ1n) is 6.93. The fraction of sp³-hybridized carbons (Fsp3) is 0.467. The van der Waals surface area contributed by atoms with E-state index in [1.54, 1.807) is 0 Å². The lowest BCUT2D eigenvalue weighted by Gasteiger charge is -2.04. The standard InChI is InChI=1S/C15H22N4/c1-4-5-13-6-8-15(9-7-13)19-11-14(17-18-19)10-16-12(2)3/h6-9,11-12,16H,4-5,10H2,1-3H3. The Morgan fingerprint density at radius 3 is 2.58 bits per heavy atom. The van der Waals surface area contributed by atoms with Crippen LogP contribution in [0.15, 0.2) is 30.5 Å². The van der Waals surface area contributed by atoms with Crippen LogP contribution in [0.5, 0.6) is 0 Å². The summed E-state index contributed by atoms with van der Waals surface area (Å²) in [5, 5.41) is 11.7. The van der Waals surface area contributed by atoms with E-state index in [4.69, 9.17) is 0 Å². The zero-order valence-corrected chi connectivity index (χ0v) is 11.9. The molecule has 1 heterocycles. The Hall–Kier alpha value is -1.68. The van der Waals surface area contributed by atoms with Gasteiger partial charge in [-0.3, -0.25) is 0 Å². The van der Waals surface area contributed by atoms with Gasteiger partial charge in [0.1, 0.15) is 0 Å². The van der Waals surface area contributed by atoms with Gasteiger partial charge in [0.15, 0.2) is 0 Å². The highest BCUT2D eigenvalue weighted by molar-refractivity contribution is 5.33. The molecule has 1 aromatic carbocycles. The average Bonchev–Trinajstić information content (AvgIpc) is 2.86. The van der Waals surface area contributed by atoms with Crippen LogP contribution >= 0.6 is 0 Å². The molecule has 2 aromatic rings. The van der Waals surface area contributed by atoms with Gasteiger partial charge in [0.05, 0.1) is 17.6 Å². The largest absolute Gasteiger partial charge is 0.309 e. The van der Waals surface area contributed by atoms with Crippen LogP contribution in [-0.4, -0.2) is 21.0 Å². The summed E-state index contributed by atoms with van der Waals surface area (Å²) >= 11 is 0. The second kappa shape index (κ2) is 6.48. The summed E-state index contributed by atoms with van der Waals surface area (Å²) in [6.07, 6.45) is 4.28. The van der Waals surface area contributed by atoms with Crippen molar-refractivity contribution in [3.05, 3.63) is 41.7 Å². The number of nitrogens with one attached hydrogen (secondary N) is 1. The summed E-state index contributed by atoms with van der Waals surface area (Å²) < 4.78 is 1.83. The number of hydrogen-bond donors (Lipinski definition) is 1. The molecular weight excluding hydrogens is 236 g/mol. The molecule has 0 amide bonds. The Morgan fingerprint density at radius 2 is 1.95 bits per heavy atom. The molecule has 0 saturated heterocycles. The molecule has 2 rings (SSSR count). The van der Waals surface area contributed by atoms with Gasteiger partial charge < -0.3 is 5.32 Å². The Labute approximate surface area is 114 Å². The zero-order chi connectivity index (χ0) is 13.7. The number of aromatic nitrogens is 3. The lowest BCUT2D eigenvalue weighted by molar-refractivity contribution is 0.580. The maximum absolute atomic E-state index is 4.17. The van der Waals surface area contributed by atoms with Crippen molar-refractivity contribution in [1.29, 1.82) is 0 Å². The van der Waals surface area contributed by atoms with Gasteiger partial charge in [-0.15, -0.1) is 5.10 Å². The second-order valence-electron chi connectivity index (χ2n) is 5.11. The molecule has 1 N–H and O–H groups in total. The van der Waals surface area contributed by atoms with Crippen molar-refractivity contribution >= 4 is 0 Å². The Bertz CT molecular complexity index is 499. The molecule has 4 nitrogen and oxygen atoms in total. The lowest BCUT2D eigenvalue weighted by atomic mass is 10.1.